The molecule has 27 heavy (non-hydrogen) atoms. The summed E-state index contributed by atoms with van der Waals surface area (Å²) >= 11 is 7.66. The largest absolute Gasteiger partial charge is 0.497 e. The lowest BCUT2D eigenvalue weighted by atomic mass is 10.1. The molecule has 2 heterocycles. The first-order valence-electron chi connectivity index (χ1n) is 8.79. The van der Waals surface area contributed by atoms with Crippen LogP contribution < -0.4 is 9.47 Å². The molecule has 140 valence electrons. The molecule has 3 aromatic rings. The number of ether oxygens (including phenoxy) is 2. The first-order valence-corrected chi connectivity index (χ1v) is 9.98. The van der Waals surface area contributed by atoms with E-state index in [2.05, 4.69) is 4.98 Å². The number of halogens is 1. The molecule has 1 aliphatic heterocycles. The summed E-state index contributed by atoms with van der Waals surface area (Å²) < 4.78 is 12.4. The summed E-state index contributed by atoms with van der Waals surface area (Å²) in [7, 11) is 1.65. The van der Waals surface area contributed by atoms with Crippen LogP contribution in [0.25, 0.3) is 10.2 Å². The molecule has 1 aromatic heterocycles. The Morgan fingerprint density at radius 3 is 2.74 bits per heavy atom. The zero-order valence-electron chi connectivity index (χ0n) is 14.9. The number of likely N-dealkylation sites (tertiary alicyclic amines) is 1. The van der Waals surface area contributed by atoms with Crippen molar-refractivity contribution in [3.8, 4) is 10.9 Å². The molecule has 0 unspecified atom stereocenters. The summed E-state index contributed by atoms with van der Waals surface area (Å²) in [6.07, 6.45) is 1.60. The van der Waals surface area contributed by atoms with Gasteiger partial charge in [-0.05, 0) is 30.3 Å². The monoisotopic (exact) mass is 402 g/mol. The van der Waals surface area contributed by atoms with Crippen LogP contribution in [-0.2, 0) is 0 Å². The molecule has 7 heteroatoms. The van der Waals surface area contributed by atoms with E-state index < -0.39 is 0 Å². The van der Waals surface area contributed by atoms with Crippen LogP contribution >= 0.6 is 22.9 Å². The molecule has 0 N–H and O–H groups in total. The van der Waals surface area contributed by atoms with E-state index in [4.69, 9.17) is 21.1 Å². The molecular weight excluding hydrogens is 384 g/mol. The normalized spacial score (nSPS) is 15.1. The Morgan fingerprint density at radius 2 is 2.00 bits per heavy atom. The highest BCUT2D eigenvalue weighted by molar-refractivity contribution is 7.20. The van der Waals surface area contributed by atoms with Gasteiger partial charge in [0.25, 0.3) is 11.1 Å². The van der Waals surface area contributed by atoms with Crippen molar-refractivity contribution in [2.45, 2.75) is 18.9 Å². The fourth-order valence-electron chi connectivity index (χ4n) is 3.19. The van der Waals surface area contributed by atoms with Gasteiger partial charge in [-0.25, -0.2) is 4.98 Å². The van der Waals surface area contributed by atoms with Gasteiger partial charge in [-0.2, -0.15) is 0 Å². The van der Waals surface area contributed by atoms with Crippen LogP contribution in [-0.4, -0.2) is 42.1 Å². The first-order chi connectivity index (χ1) is 13.1. The fourth-order valence-corrected chi connectivity index (χ4v) is 4.31. The second-order valence-corrected chi connectivity index (χ2v) is 7.80. The number of benzene rings is 2. The number of carbonyl (C=O) groups is 1. The second kappa shape index (κ2) is 7.74. The second-order valence-electron chi connectivity index (χ2n) is 6.40. The van der Waals surface area contributed by atoms with Crippen LogP contribution in [0.5, 0.6) is 10.9 Å². The Kier molecular flexibility index (Phi) is 5.18. The lowest BCUT2D eigenvalue weighted by molar-refractivity contribution is 0.0595. The fraction of sp³-hybridized carbons (Fsp3) is 0.300. The van der Waals surface area contributed by atoms with Crippen LogP contribution in [0.2, 0.25) is 5.02 Å². The van der Waals surface area contributed by atoms with Gasteiger partial charge in [-0.3, -0.25) is 4.79 Å². The Labute approximate surface area is 166 Å². The molecule has 5 nitrogen and oxygen atoms in total. The van der Waals surface area contributed by atoms with Crippen molar-refractivity contribution in [3.63, 3.8) is 0 Å². The Morgan fingerprint density at radius 1 is 1.22 bits per heavy atom. The predicted octanol–water partition coefficient (Wildman–Crippen LogP) is 4.64. The summed E-state index contributed by atoms with van der Waals surface area (Å²) in [5, 5.41) is 1.15. The maximum absolute atomic E-state index is 12.6. The van der Waals surface area contributed by atoms with Gasteiger partial charge in [-0.15, -0.1) is 0 Å². The number of hydrogen-bond donors (Lipinski definition) is 0. The number of methoxy groups -OCH3 is 1. The molecule has 4 rings (SSSR count). The van der Waals surface area contributed by atoms with E-state index in [9.17, 15) is 4.79 Å². The van der Waals surface area contributed by atoms with Crippen LogP contribution in [0.3, 0.4) is 0 Å². The number of rotatable bonds is 4. The molecule has 0 aliphatic carbocycles. The Hall–Kier alpha value is -2.31. The Balaban J connectivity index is 1.38. The van der Waals surface area contributed by atoms with Crippen molar-refractivity contribution < 1.29 is 14.3 Å². The minimum absolute atomic E-state index is 0.0221. The van der Waals surface area contributed by atoms with Crippen molar-refractivity contribution in [2.24, 2.45) is 0 Å². The average Bonchev–Trinajstić information content (AvgIpc) is 3.09. The molecule has 0 spiro atoms. The number of nitrogens with zero attached hydrogens (tertiary/aromatic N) is 2. The third-order valence-electron chi connectivity index (χ3n) is 4.68. The highest BCUT2D eigenvalue weighted by Gasteiger charge is 2.26. The third-order valence-corrected chi connectivity index (χ3v) is 5.92. The van der Waals surface area contributed by atoms with Gasteiger partial charge in [0.05, 0.1) is 27.9 Å². The third kappa shape index (κ3) is 3.87. The number of amides is 1. The molecule has 1 saturated heterocycles. The number of carbonyl (C=O) groups excluding carboxylic acids is 1. The van der Waals surface area contributed by atoms with Crippen molar-refractivity contribution >= 4 is 39.1 Å². The molecule has 0 bridgehead atoms. The smallest absolute Gasteiger partial charge is 0.274 e. The van der Waals surface area contributed by atoms with E-state index in [0.717, 1.165) is 28.8 Å². The van der Waals surface area contributed by atoms with Crippen molar-refractivity contribution in [3.05, 3.63) is 53.1 Å². The molecule has 1 aliphatic rings. The van der Waals surface area contributed by atoms with Crippen LogP contribution in [0.4, 0.5) is 0 Å². The topological polar surface area (TPSA) is 51.7 Å². The maximum Gasteiger partial charge on any atom is 0.274 e. The van der Waals surface area contributed by atoms with Gasteiger partial charge in [0.15, 0.2) is 0 Å². The standard InChI is InChI=1S/C20H19ClN2O3S/c1-25-14-6-7-17-18(12-14)27-20(22-17)26-13-8-10-23(11-9-13)19(24)15-4-2-3-5-16(15)21/h2-7,12-13H,8-11H2,1H3. The summed E-state index contributed by atoms with van der Waals surface area (Å²) in [4.78, 5) is 19.0. The maximum atomic E-state index is 12.6. The zero-order chi connectivity index (χ0) is 18.8. The molecule has 0 saturated carbocycles. The zero-order valence-corrected chi connectivity index (χ0v) is 16.4. The van der Waals surface area contributed by atoms with Gasteiger partial charge in [0.2, 0.25) is 0 Å². The molecule has 1 fully saturated rings. The van der Waals surface area contributed by atoms with E-state index in [1.165, 1.54) is 11.3 Å². The van der Waals surface area contributed by atoms with Crippen molar-refractivity contribution in [1.29, 1.82) is 0 Å². The van der Waals surface area contributed by atoms with Crippen LogP contribution in [0, 0.1) is 0 Å². The van der Waals surface area contributed by atoms with Gasteiger partial charge in [0.1, 0.15) is 11.9 Å². The molecule has 0 atom stereocenters. The van der Waals surface area contributed by atoms with Gasteiger partial charge in [0, 0.05) is 25.9 Å². The molecular formula is C20H19ClN2O3S. The number of hydrogen-bond acceptors (Lipinski definition) is 5. The van der Waals surface area contributed by atoms with Crippen LogP contribution in [0.15, 0.2) is 42.5 Å². The number of thiazole rings is 1. The number of piperidine rings is 1. The minimum atomic E-state index is -0.0221. The number of fused-ring (bicyclic) bond motifs is 1. The molecule has 2 aromatic carbocycles. The summed E-state index contributed by atoms with van der Waals surface area (Å²) in [5.74, 6) is 0.787. The first kappa shape index (κ1) is 18.1. The summed E-state index contributed by atoms with van der Waals surface area (Å²) in [5.41, 5.74) is 1.46. The van der Waals surface area contributed by atoms with Crippen molar-refractivity contribution in [1.82, 2.24) is 9.88 Å². The summed E-state index contributed by atoms with van der Waals surface area (Å²) in [6.45, 7) is 1.29. The molecule has 0 radical (unpaired) electrons. The highest BCUT2D eigenvalue weighted by atomic mass is 35.5. The van der Waals surface area contributed by atoms with Gasteiger partial charge < -0.3 is 14.4 Å². The predicted molar refractivity (Wildman–Crippen MR) is 107 cm³/mol. The van der Waals surface area contributed by atoms with Gasteiger partial charge in [-0.1, -0.05) is 35.1 Å². The van der Waals surface area contributed by atoms with E-state index in [0.29, 0.717) is 28.9 Å². The molecule has 1 amide bonds. The minimum Gasteiger partial charge on any atom is -0.497 e. The average molecular weight is 403 g/mol. The SMILES string of the molecule is COc1ccc2nc(OC3CCN(C(=O)c4ccccc4Cl)CC3)sc2c1. The number of aromatic nitrogens is 1. The van der Waals surface area contributed by atoms with E-state index in [-0.39, 0.29) is 12.0 Å². The highest BCUT2D eigenvalue weighted by Crippen LogP contribution is 2.32. The lowest BCUT2D eigenvalue weighted by Gasteiger charge is -2.31. The lowest BCUT2D eigenvalue weighted by Crippen LogP contribution is -2.41. The Bertz CT molecular complexity index is 967. The van der Waals surface area contributed by atoms with E-state index in [1.807, 2.05) is 35.2 Å². The summed E-state index contributed by atoms with van der Waals surface area (Å²) in [6, 6.07) is 13.0. The van der Waals surface area contributed by atoms with E-state index >= 15 is 0 Å². The van der Waals surface area contributed by atoms with E-state index in [1.54, 1.807) is 19.2 Å². The quantitative estimate of drug-likeness (QED) is 0.637. The van der Waals surface area contributed by atoms with Crippen molar-refractivity contribution in [2.75, 3.05) is 20.2 Å². The van der Waals surface area contributed by atoms with Crippen LogP contribution in [0.1, 0.15) is 23.2 Å². The van der Waals surface area contributed by atoms with Gasteiger partial charge >= 0.3 is 0 Å².